The fraction of sp³-hybridized carbons (Fsp3) is 0.160. The number of carbonyl (C=O) groups is 2. The highest BCUT2D eigenvalue weighted by Crippen LogP contribution is 2.12. The molecule has 0 aliphatic rings. The number of fused-ring (bicyclic) bond motifs is 1. The summed E-state index contributed by atoms with van der Waals surface area (Å²) in [6.07, 6.45) is 3.28. The molecule has 0 aliphatic heterocycles. The Morgan fingerprint density at radius 2 is 1.62 bits per heavy atom. The van der Waals surface area contributed by atoms with Crippen LogP contribution < -0.4 is 16.6 Å². The summed E-state index contributed by atoms with van der Waals surface area (Å²) in [4.78, 5) is 54.3. The van der Waals surface area contributed by atoms with E-state index in [1.54, 1.807) is 68.0 Å². The summed E-state index contributed by atoms with van der Waals surface area (Å²) in [7, 11) is 2.87. The maximum atomic E-state index is 13.2. The van der Waals surface area contributed by atoms with Gasteiger partial charge in [0.25, 0.3) is 11.5 Å². The number of benzene rings is 2. The molecule has 9 nitrogen and oxygen atoms in total. The van der Waals surface area contributed by atoms with E-state index in [1.165, 1.54) is 17.7 Å². The van der Waals surface area contributed by atoms with Gasteiger partial charge in [-0.1, -0.05) is 12.1 Å². The summed E-state index contributed by atoms with van der Waals surface area (Å²) in [6, 6.07) is 14.7. The van der Waals surface area contributed by atoms with Gasteiger partial charge in [-0.2, -0.15) is 0 Å². The Morgan fingerprint density at radius 3 is 2.29 bits per heavy atom. The van der Waals surface area contributed by atoms with Crippen LogP contribution in [0.4, 0.5) is 0 Å². The third-order valence-electron chi connectivity index (χ3n) is 5.53. The van der Waals surface area contributed by atoms with Crippen molar-refractivity contribution in [2.75, 3.05) is 7.11 Å². The molecule has 0 aliphatic carbocycles. The lowest BCUT2D eigenvalue weighted by Crippen LogP contribution is -2.39. The van der Waals surface area contributed by atoms with E-state index in [-0.39, 0.29) is 17.8 Å². The average Bonchev–Trinajstić information content (AvgIpc) is 2.88. The Bertz CT molecular complexity index is 1490. The molecule has 2 aromatic heterocycles. The fourth-order valence-corrected chi connectivity index (χ4v) is 3.63. The number of carbonyl (C=O) groups excluding carboxylic acids is 2. The molecule has 0 radical (unpaired) electrons. The van der Waals surface area contributed by atoms with Gasteiger partial charge in [-0.3, -0.25) is 23.7 Å². The number of ether oxygens (including phenoxy) is 1. The lowest BCUT2D eigenvalue weighted by Gasteiger charge is -2.12. The van der Waals surface area contributed by atoms with Gasteiger partial charge >= 0.3 is 11.7 Å². The maximum absolute atomic E-state index is 13.2. The van der Waals surface area contributed by atoms with Gasteiger partial charge in [-0.25, -0.2) is 9.59 Å². The first-order valence-electron chi connectivity index (χ1n) is 10.5. The van der Waals surface area contributed by atoms with Gasteiger partial charge in [0.15, 0.2) is 0 Å². The van der Waals surface area contributed by atoms with E-state index in [4.69, 9.17) is 0 Å². The fourth-order valence-electron chi connectivity index (χ4n) is 3.63. The average molecular weight is 458 g/mol. The minimum absolute atomic E-state index is 0.0152. The number of nitrogens with zero attached hydrogens (tertiary/aromatic N) is 3. The van der Waals surface area contributed by atoms with Crippen LogP contribution in [0.2, 0.25) is 0 Å². The van der Waals surface area contributed by atoms with Crippen LogP contribution in [-0.4, -0.2) is 33.1 Å². The zero-order valence-electron chi connectivity index (χ0n) is 18.6. The Morgan fingerprint density at radius 1 is 0.941 bits per heavy atom. The molecule has 2 aromatic carbocycles. The van der Waals surface area contributed by atoms with Crippen LogP contribution in [0.25, 0.3) is 10.9 Å². The van der Waals surface area contributed by atoms with E-state index in [9.17, 15) is 19.2 Å². The van der Waals surface area contributed by atoms with E-state index < -0.39 is 17.2 Å². The van der Waals surface area contributed by atoms with Crippen molar-refractivity contribution in [3.8, 4) is 0 Å². The summed E-state index contributed by atoms with van der Waals surface area (Å²) < 4.78 is 7.17. The number of hydrogen-bond donors (Lipinski definition) is 1. The topological polar surface area (TPSA) is 112 Å². The molecule has 0 atom stereocenters. The normalized spacial score (nSPS) is 10.8. The summed E-state index contributed by atoms with van der Waals surface area (Å²) in [5.74, 6) is -0.808. The molecule has 0 saturated carbocycles. The number of rotatable bonds is 6. The SMILES string of the molecule is COC(=O)c1ccc(Cn2c(=O)c3cc(C(=O)NCc4ccncc4)ccc3n(C)c2=O)cc1. The van der Waals surface area contributed by atoms with Gasteiger partial charge in [0.1, 0.15) is 0 Å². The predicted molar refractivity (Wildman–Crippen MR) is 126 cm³/mol. The molecule has 172 valence electrons. The quantitative estimate of drug-likeness (QED) is 0.442. The minimum atomic E-state index is -0.501. The minimum Gasteiger partial charge on any atom is -0.465 e. The Labute approximate surface area is 194 Å². The van der Waals surface area contributed by atoms with Crippen molar-refractivity contribution in [1.29, 1.82) is 0 Å². The smallest absolute Gasteiger partial charge is 0.337 e. The molecule has 0 fully saturated rings. The number of esters is 1. The molecule has 9 heteroatoms. The summed E-state index contributed by atoms with van der Waals surface area (Å²) >= 11 is 0. The van der Waals surface area contributed by atoms with Gasteiger partial charge in [-0.05, 0) is 53.6 Å². The second-order valence-corrected chi connectivity index (χ2v) is 7.69. The molecule has 2 heterocycles. The molecule has 0 bridgehead atoms. The molecule has 0 saturated heterocycles. The van der Waals surface area contributed by atoms with Gasteiger partial charge < -0.3 is 10.1 Å². The van der Waals surface area contributed by atoms with Crippen molar-refractivity contribution in [1.82, 2.24) is 19.4 Å². The monoisotopic (exact) mass is 458 g/mol. The Hall–Kier alpha value is -4.53. The van der Waals surface area contributed by atoms with Crippen LogP contribution in [0.15, 0.2) is 76.6 Å². The summed E-state index contributed by atoms with van der Waals surface area (Å²) in [5, 5.41) is 3.07. The molecule has 4 rings (SSSR count). The van der Waals surface area contributed by atoms with Crippen molar-refractivity contribution < 1.29 is 14.3 Å². The Kier molecular flexibility index (Phi) is 6.35. The van der Waals surface area contributed by atoms with Crippen molar-refractivity contribution in [2.24, 2.45) is 7.05 Å². The van der Waals surface area contributed by atoms with Crippen molar-refractivity contribution in [3.63, 3.8) is 0 Å². The maximum Gasteiger partial charge on any atom is 0.337 e. The van der Waals surface area contributed by atoms with Gasteiger partial charge in [0, 0.05) is 31.5 Å². The first kappa shape index (κ1) is 22.7. The largest absolute Gasteiger partial charge is 0.465 e. The van der Waals surface area contributed by atoms with Crippen molar-refractivity contribution >= 4 is 22.8 Å². The predicted octanol–water partition coefficient (Wildman–Crippen LogP) is 1.86. The van der Waals surface area contributed by atoms with Crippen LogP contribution in [0.1, 0.15) is 31.8 Å². The number of nitrogens with one attached hydrogen (secondary N) is 1. The molecule has 4 aromatic rings. The number of pyridine rings is 1. The number of amides is 1. The van der Waals surface area contributed by atoms with Crippen molar-refractivity contribution in [3.05, 3.63) is 110 Å². The van der Waals surface area contributed by atoms with E-state index in [1.807, 2.05) is 0 Å². The highest BCUT2D eigenvalue weighted by molar-refractivity contribution is 5.97. The molecular formula is C25H22N4O5. The van der Waals surface area contributed by atoms with Crippen molar-refractivity contribution in [2.45, 2.75) is 13.1 Å². The molecule has 0 unspecified atom stereocenters. The molecule has 34 heavy (non-hydrogen) atoms. The number of methoxy groups -OCH3 is 1. The first-order valence-corrected chi connectivity index (χ1v) is 10.5. The molecular weight excluding hydrogens is 436 g/mol. The zero-order valence-corrected chi connectivity index (χ0v) is 18.6. The Balaban J connectivity index is 1.66. The van der Waals surface area contributed by atoms with E-state index >= 15 is 0 Å². The lowest BCUT2D eigenvalue weighted by molar-refractivity contribution is 0.0600. The number of aryl methyl sites for hydroxylation is 1. The first-order chi connectivity index (χ1) is 16.4. The third kappa shape index (κ3) is 4.49. The molecule has 0 spiro atoms. The van der Waals surface area contributed by atoms with E-state index in [0.717, 1.165) is 10.1 Å². The van der Waals surface area contributed by atoms with Gasteiger partial charge in [0.2, 0.25) is 0 Å². The molecule has 1 N–H and O–H groups in total. The molecule has 1 amide bonds. The van der Waals surface area contributed by atoms with Gasteiger partial charge in [-0.15, -0.1) is 0 Å². The lowest BCUT2D eigenvalue weighted by atomic mass is 10.1. The van der Waals surface area contributed by atoms with Crippen LogP contribution in [-0.2, 0) is 24.9 Å². The van der Waals surface area contributed by atoms with E-state index in [0.29, 0.717) is 28.8 Å². The number of hydrogen-bond acceptors (Lipinski definition) is 6. The van der Waals surface area contributed by atoms with Crippen LogP contribution >= 0.6 is 0 Å². The summed E-state index contributed by atoms with van der Waals surface area (Å²) in [6.45, 7) is 0.333. The van der Waals surface area contributed by atoms with Crippen LogP contribution in [0, 0.1) is 0 Å². The highest BCUT2D eigenvalue weighted by atomic mass is 16.5. The number of aromatic nitrogens is 3. The van der Waals surface area contributed by atoms with Crippen LogP contribution in [0.3, 0.4) is 0 Å². The van der Waals surface area contributed by atoms with Gasteiger partial charge in [0.05, 0.1) is 30.1 Å². The van der Waals surface area contributed by atoms with Crippen LogP contribution in [0.5, 0.6) is 0 Å². The highest BCUT2D eigenvalue weighted by Gasteiger charge is 2.15. The second kappa shape index (κ2) is 9.53. The van der Waals surface area contributed by atoms with E-state index in [2.05, 4.69) is 15.0 Å². The standard InChI is InChI=1S/C25H22N4O5/c1-28-21-8-7-19(22(30)27-14-16-9-11-26-12-10-16)13-20(21)23(31)29(25(28)33)15-17-3-5-18(6-4-17)24(32)34-2/h3-13H,14-15H2,1-2H3,(H,27,30). The summed E-state index contributed by atoms with van der Waals surface area (Å²) in [5.41, 5.74) is 1.68. The third-order valence-corrected chi connectivity index (χ3v) is 5.53. The zero-order chi connectivity index (χ0) is 24.2. The second-order valence-electron chi connectivity index (χ2n) is 7.69.